The van der Waals surface area contributed by atoms with Crippen LogP contribution in [0.15, 0.2) is 64.3 Å². The summed E-state index contributed by atoms with van der Waals surface area (Å²) in [5, 5.41) is 2.05. The van der Waals surface area contributed by atoms with Crippen molar-refractivity contribution >= 4 is 29.0 Å². The minimum Gasteiger partial charge on any atom is -0.337 e. The Hall–Kier alpha value is -2.11. The van der Waals surface area contributed by atoms with Gasteiger partial charge >= 0.3 is 0 Å². The molecule has 0 N–H and O–H groups in total. The van der Waals surface area contributed by atoms with Crippen LogP contribution >= 0.6 is 23.1 Å². The van der Waals surface area contributed by atoms with Gasteiger partial charge in [-0.05, 0) is 17.5 Å². The summed E-state index contributed by atoms with van der Waals surface area (Å²) >= 11 is 3.14. The largest absolute Gasteiger partial charge is 0.337 e. The molecule has 5 heteroatoms. The molecule has 0 fully saturated rings. The Morgan fingerprint density at radius 1 is 1.08 bits per heavy atom. The molecule has 126 valence electrons. The predicted molar refractivity (Wildman–Crippen MR) is 104 cm³/mol. The molecule has 2 aromatic carbocycles. The summed E-state index contributed by atoms with van der Waals surface area (Å²) < 4.78 is 0.949. The Labute approximate surface area is 155 Å². The van der Waals surface area contributed by atoms with Gasteiger partial charge in [-0.15, -0.1) is 11.3 Å². The Morgan fingerprint density at radius 2 is 1.84 bits per heavy atom. The summed E-state index contributed by atoms with van der Waals surface area (Å²) in [6.45, 7) is 1.53. The van der Waals surface area contributed by atoms with Crippen LogP contribution in [0.4, 0.5) is 0 Å². The molecule has 4 rings (SSSR count). The highest BCUT2D eigenvalue weighted by Gasteiger charge is 2.20. The van der Waals surface area contributed by atoms with Crippen molar-refractivity contribution in [2.24, 2.45) is 0 Å². The van der Waals surface area contributed by atoms with Crippen LogP contribution in [0.2, 0.25) is 0 Å². The third kappa shape index (κ3) is 3.78. The van der Waals surface area contributed by atoms with Crippen molar-refractivity contribution in [2.45, 2.75) is 17.3 Å². The molecule has 0 aliphatic carbocycles. The van der Waals surface area contributed by atoms with Crippen LogP contribution in [0.5, 0.6) is 0 Å². The van der Waals surface area contributed by atoms with Crippen LogP contribution in [0.25, 0.3) is 11.3 Å². The molecule has 0 bridgehead atoms. The lowest BCUT2D eigenvalue weighted by molar-refractivity contribution is -0.129. The zero-order chi connectivity index (χ0) is 17.1. The zero-order valence-corrected chi connectivity index (χ0v) is 15.4. The fourth-order valence-electron chi connectivity index (χ4n) is 2.99. The Kier molecular flexibility index (Phi) is 4.85. The van der Waals surface area contributed by atoms with Crippen molar-refractivity contribution in [3.63, 3.8) is 0 Å². The average molecular weight is 367 g/mol. The van der Waals surface area contributed by atoms with Crippen LogP contribution in [-0.4, -0.2) is 28.1 Å². The van der Waals surface area contributed by atoms with Gasteiger partial charge in [-0.2, -0.15) is 0 Å². The van der Waals surface area contributed by atoms with Crippen molar-refractivity contribution in [2.75, 3.05) is 12.3 Å². The van der Waals surface area contributed by atoms with E-state index in [0.29, 0.717) is 5.75 Å². The number of hydrogen-bond donors (Lipinski definition) is 0. The number of thiazole rings is 1. The Balaban J connectivity index is 1.36. The zero-order valence-electron chi connectivity index (χ0n) is 13.7. The molecule has 25 heavy (non-hydrogen) atoms. The Morgan fingerprint density at radius 3 is 2.68 bits per heavy atom. The van der Waals surface area contributed by atoms with Crippen LogP contribution in [-0.2, 0) is 17.8 Å². The maximum absolute atomic E-state index is 12.5. The molecule has 0 atom stereocenters. The fourth-order valence-corrected chi connectivity index (χ4v) is 4.73. The third-order valence-corrected chi connectivity index (χ3v) is 6.36. The second-order valence-electron chi connectivity index (χ2n) is 5.99. The lowest BCUT2D eigenvalue weighted by Crippen LogP contribution is -2.37. The molecule has 0 saturated carbocycles. The van der Waals surface area contributed by atoms with E-state index in [1.165, 1.54) is 22.9 Å². The SMILES string of the molecule is O=C(CSc1nc(-c2ccccc2)cs1)N1CCc2ccccc2C1. The van der Waals surface area contributed by atoms with Gasteiger partial charge in [-0.3, -0.25) is 4.79 Å². The summed E-state index contributed by atoms with van der Waals surface area (Å²) in [5.41, 5.74) is 4.73. The van der Waals surface area contributed by atoms with Crippen LogP contribution in [0.1, 0.15) is 11.1 Å². The minimum absolute atomic E-state index is 0.191. The first-order chi connectivity index (χ1) is 12.3. The monoisotopic (exact) mass is 366 g/mol. The number of amides is 1. The summed E-state index contributed by atoms with van der Waals surface area (Å²) in [4.78, 5) is 19.1. The topological polar surface area (TPSA) is 33.2 Å². The van der Waals surface area contributed by atoms with Gasteiger partial charge in [0.05, 0.1) is 11.4 Å². The summed E-state index contributed by atoms with van der Waals surface area (Å²) in [5.74, 6) is 0.639. The van der Waals surface area contributed by atoms with Crippen molar-refractivity contribution in [3.8, 4) is 11.3 Å². The van der Waals surface area contributed by atoms with Gasteiger partial charge in [0.2, 0.25) is 5.91 Å². The molecule has 0 unspecified atom stereocenters. The smallest absolute Gasteiger partial charge is 0.233 e. The molecule has 3 aromatic rings. The first-order valence-electron chi connectivity index (χ1n) is 8.28. The predicted octanol–water partition coefficient (Wildman–Crippen LogP) is 4.49. The van der Waals surface area contributed by atoms with E-state index in [4.69, 9.17) is 0 Å². The number of aromatic nitrogens is 1. The van der Waals surface area contributed by atoms with Gasteiger partial charge in [0.15, 0.2) is 4.34 Å². The number of nitrogens with zero attached hydrogens (tertiary/aromatic N) is 2. The van der Waals surface area contributed by atoms with Crippen LogP contribution in [0, 0.1) is 0 Å². The third-order valence-electron chi connectivity index (χ3n) is 4.36. The molecule has 0 radical (unpaired) electrons. The first-order valence-corrected chi connectivity index (χ1v) is 10.1. The highest BCUT2D eigenvalue weighted by Crippen LogP contribution is 2.28. The normalized spacial score (nSPS) is 13.5. The van der Waals surface area contributed by atoms with Gasteiger partial charge in [0.1, 0.15) is 0 Å². The maximum atomic E-state index is 12.5. The maximum Gasteiger partial charge on any atom is 0.233 e. The number of rotatable bonds is 4. The van der Waals surface area contributed by atoms with Crippen molar-refractivity contribution in [1.82, 2.24) is 9.88 Å². The van der Waals surface area contributed by atoms with E-state index in [-0.39, 0.29) is 5.91 Å². The molecule has 3 nitrogen and oxygen atoms in total. The molecular formula is C20H18N2OS2. The van der Waals surface area contributed by atoms with Gasteiger partial charge in [-0.1, -0.05) is 66.4 Å². The van der Waals surface area contributed by atoms with Crippen molar-refractivity contribution in [1.29, 1.82) is 0 Å². The minimum atomic E-state index is 0.191. The van der Waals surface area contributed by atoms with Gasteiger partial charge in [-0.25, -0.2) is 4.98 Å². The fraction of sp³-hybridized carbons (Fsp3) is 0.200. The molecule has 1 aliphatic rings. The lowest BCUT2D eigenvalue weighted by atomic mass is 10.00. The molecule has 1 amide bonds. The van der Waals surface area contributed by atoms with Gasteiger partial charge in [0, 0.05) is 24.0 Å². The standard InChI is InChI=1S/C20H18N2OS2/c23-19(22-11-10-15-6-4-5-9-17(15)12-22)14-25-20-21-18(13-24-20)16-7-2-1-3-8-16/h1-9,13H,10-12,14H2. The molecule has 0 saturated heterocycles. The second-order valence-corrected chi connectivity index (χ2v) is 8.07. The number of thioether (sulfide) groups is 1. The number of hydrogen-bond acceptors (Lipinski definition) is 4. The summed E-state index contributed by atoms with van der Waals surface area (Å²) in [6.07, 6.45) is 0.946. The number of carbonyl (C=O) groups excluding carboxylic acids is 1. The Bertz CT molecular complexity index is 876. The van der Waals surface area contributed by atoms with Crippen LogP contribution < -0.4 is 0 Å². The molecule has 1 aliphatic heterocycles. The number of fused-ring (bicyclic) bond motifs is 1. The van der Waals surface area contributed by atoms with E-state index in [1.807, 2.05) is 29.2 Å². The van der Waals surface area contributed by atoms with E-state index in [2.05, 4.69) is 40.7 Å². The van der Waals surface area contributed by atoms with E-state index in [1.54, 1.807) is 11.3 Å². The van der Waals surface area contributed by atoms with Gasteiger partial charge < -0.3 is 4.90 Å². The molecule has 2 heterocycles. The lowest BCUT2D eigenvalue weighted by Gasteiger charge is -2.28. The van der Waals surface area contributed by atoms with Gasteiger partial charge in [0.25, 0.3) is 0 Å². The van der Waals surface area contributed by atoms with E-state index in [9.17, 15) is 4.79 Å². The molecule has 0 spiro atoms. The van der Waals surface area contributed by atoms with Crippen molar-refractivity contribution < 1.29 is 4.79 Å². The summed E-state index contributed by atoms with van der Waals surface area (Å²) in [7, 11) is 0. The second kappa shape index (κ2) is 7.42. The summed E-state index contributed by atoms with van der Waals surface area (Å²) in [6, 6.07) is 18.5. The average Bonchev–Trinajstić information content (AvgIpc) is 3.15. The quantitative estimate of drug-likeness (QED) is 0.638. The van der Waals surface area contributed by atoms with E-state index in [0.717, 1.165) is 35.1 Å². The highest BCUT2D eigenvalue weighted by atomic mass is 32.2. The van der Waals surface area contributed by atoms with E-state index >= 15 is 0 Å². The molecular weight excluding hydrogens is 348 g/mol. The number of benzene rings is 2. The van der Waals surface area contributed by atoms with Crippen molar-refractivity contribution in [3.05, 3.63) is 71.1 Å². The van der Waals surface area contributed by atoms with E-state index < -0.39 is 0 Å². The molecule has 1 aromatic heterocycles. The number of carbonyl (C=O) groups is 1. The van der Waals surface area contributed by atoms with Crippen LogP contribution in [0.3, 0.4) is 0 Å². The highest BCUT2D eigenvalue weighted by molar-refractivity contribution is 8.01. The first kappa shape index (κ1) is 16.4.